The van der Waals surface area contributed by atoms with Crippen LogP contribution in [0, 0.1) is 5.82 Å². The van der Waals surface area contributed by atoms with E-state index in [-0.39, 0.29) is 11.1 Å². The molecule has 0 bridgehead atoms. The van der Waals surface area contributed by atoms with Crippen molar-refractivity contribution in [1.29, 1.82) is 0 Å². The van der Waals surface area contributed by atoms with E-state index in [0.717, 1.165) is 42.9 Å². The Kier molecular flexibility index (Phi) is 5.90. The Morgan fingerprint density at radius 3 is 2.76 bits per heavy atom. The van der Waals surface area contributed by atoms with Gasteiger partial charge in [0.05, 0.1) is 29.9 Å². The molecule has 1 aromatic carbocycles. The topological polar surface area (TPSA) is 71.0 Å². The number of aromatic nitrogens is 2. The van der Waals surface area contributed by atoms with Gasteiger partial charge in [-0.1, -0.05) is 11.6 Å². The van der Waals surface area contributed by atoms with Gasteiger partial charge in [0.15, 0.2) is 0 Å². The minimum absolute atomic E-state index is 0.0179. The molecule has 10 heteroatoms. The number of fused-ring (bicyclic) bond motifs is 1. The molecule has 1 atom stereocenters. The Labute approximate surface area is 195 Å². The van der Waals surface area contributed by atoms with Crippen molar-refractivity contribution in [1.82, 2.24) is 14.9 Å². The third-order valence-corrected chi connectivity index (χ3v) is 6.30. The number of rotatable bonds is 5. The number of hydrogen-bond acceptors (Lipinski definition) is 7. The summed E-state index contributed by atoms with van der Waals surface area (Å²) in [5, 5.41) is -0.0179. The minimum Gasteiger partial charge on any atom is -0.481 e. The van der Waals surface area contributed by atoms with Gasteiger partial charge in [0.2, 0.25) is 5.88 Å². The van der Waals surface area contributed by atoms with Gasteiger partial charge in [-0.15, -0.1) is 0 Å². The number of amides is 1. The molecule has 0 unspecified atom stereocenters. The summed E-state index contributed by atoms with van der Waals surface area (Å²) in [7, 11) is 1.60. The number of hydrogen-bond donors (Lipinski definition) is 0. The molecule has 8 nitrogen and oxygen atoms in total. The molecule has 0 spiro atoms. The van der Waals surface area contributed by atoms with Gasteiger partial charge in [0, 0.05) is 50.7 Å². The lowest BCUT2D eigenvalue weighted by Crippen LogP contribution is -2.49. The summed E-state index contributed by atoms with van der Waals surface area (Å²) >= 11 is 5.87. The predicted molar refractivity (Wildman–Crippen MR) is 124 cm³/mol. The van der Waals surface area contributed by atoms with Crippen molar-refractivity contribution in [3.8, 4) is 5.88 Å². The molecule has 1 amide bonds. The van der Waals surface area contributed by atoms with Gasteiger partial charge in [-0.3, -0.25) is 14.8 Å². The van der Waals surface area contributed by atoms with Crippen LogP contribution in [0.15, 0.2) is 42.6 Å². The zero-order valence-corrected chi connectivity index (χ0v) is 18.8. The van der Waals surface area contributed by atoms with Crippen LogP contribution in [-0.4, -0.2) is 73.4 Å². The van der Waals surface area contributed by atoms with Crippen LogP contribution >= 0.6 is 11.6 Å². The zero-order valence-electron chi connectivity index (χ0n) is 18.1. The van der Waals surface area contributed by atoms with Gasteiger partial charge in [0.25, 0.3) is 0 Å². The number of nitrogens with zero attached hydrogens (tertiary/aromatic N) is 5. The van der Waals surface area contributed by atoms with Crippen LogP contribution in [0.2, 0.25) is 5.02 Å². The van der Waals surface area contributed by atoms with E-state index in [1.807, 2.05) is 18.2 Å². The fourth-order valence-electron chi connectivity index (χ4n) is 4.30. The number of ether oxygens (including phenoxy) is 2. The maximum atomic E-state index is 13.5. The highest BCUT2D eigenvalue weighted by Gasteiger charge is 2.34. The summed E-state index contributed by atoms with van der Waals surface area (Å²) < 4.78 is 24.3. The van der Waals surface area contributed by atoms with Gasteiger partial charge in [0.1, 0.15) is 17.4 Å². The third-order valence-electron chi connectivity index (χ3n) is 6.01. The zero-order chi connectivity index (χ0) is 22.9. The first-order valence-corrected chi connectivity index (χ1v) is 11.1. The number of halogens is 2. The Morgan fingerprint density at radius 1 is 1.18 bits per heavy atom. The summed E-state index contributed by atoms with van der Waals surface area (Å²) in [6.07, 6.45) is 1.09. The molecular weight excluding hydrogens is 449 g/mol. The molecule has 2 aliphatic rings. The molecule has 2 saturated heterocycles. The molecule has 0 saturated carbocycles. The first-order chi connectivity index (χ1) is 16.0. The fourth-order valence-corrected chi connectivity index (χ4v) is 4.48. The summed E-state index contributed by atoms with van der Waals surface area (Å²) in [6.45, 7) is 4.31. The SMILES string of the molecule is COc1ccc2nccc(N3CCN(C[C@@H]4CN(c5ccc(F)c(Cl)c5)C(=O)O4)CC3)c2n1. The number of carbonyl (C=O) groups is 1. The van der Waals surface area contributed by atoms with E-state index in [1.54, 1.807) is 13.3 Å². The second-order valence-corrected chi connectivity index (χ2v) is 8.46. The number of piperazine rings is 1. The second-order valence-electron chi connectivity index (χ2n) is 8.05. The van der Waals surface area contributed by atoms with E-state index in [0.29, 0.717) is 24.7 Å². The van der Waals surface area contributed by atoms with E-state index in [1.165, 1.54) is 23.1 Å². The van der Waals surface area contributed by atoms with Crippen LogP contribution in [-0.2, 0) is 4.74 Å². The molecule has 0 N–H and O–H groups in total. The number of anilines is 2. The first kappa shape index (κ1) is 21.7. The van der Waals surface area contributed by atoms with E-state index >= 15 is 0 Å². The molecule has 5 rings (SSSR count). The minimum atomic E-state index is -0.516. The number of methoxy groups -OCH3 is 1. The van der Waals surface area contributed by atoms with Crippen molar-refractivity contribution >= 4 is 40.1 Å². The van der Waals surface area contributed by atoms with E-state index in [9.17, 15) is 9.18 Å². The van der Waals surface area contributed by atoms with Gasteiger partial charge < -0.3 is 14.4 Å². The Balaban J connectivity index is 1.21. The van der Waals surface area contributed by atoms with Crippen molar-refractivity contribution in [2.24, 2.45) is 0 Å². The van der Waals surface area contributed by atoms with Crippen molar-refractivity contribution in [2.45, 2.75) is 6.10 Å². The Bertz CT molecular complexity index is 1190. The number of pyridine rings is 2. The Morgan fingerprint density at radius 2 is 2.00 bits per heavy atom. The van der Waals surface area contributed by atoms with Crippen LogP contribution in [0.25, 0.3) is 11.0 Å². The average molecular weight is 472 g/mol. The lowest BCUT2D eigenvalue weighted by atomic mass is 10.2. The average Bonchev–Trinajstić information content (AvgIpc) is 3.20. The molecule has 0 radical (unpaired) electrons. The number of carbonyl (C=O) groups excluding carboxylic acids is 1. The Hall–Kier alpha value is -3.17. The van der Waals surface area contributed by atoms with Crippen LogP contribution < -0.4 is 14.5 Å². The molecule has 2 fully saturated rings. The van der Waals surface area contributed by atoms with Crippen molar-refractivity contribution < 1.29 is 18.7 Å². The summed E-state index contributed by atoms with van der Waals surface area (Å²) in [5.41, 5.74) is 3.22. The van der Waals surface area contributed by atoms with Crippen molar-refractivity contribution in [3.05, 3.63) is 53.4 Å². The van der Waals surface area contributed by atoms with Gasteiger partial charge >= 0.3 is 6.09 Å². The normalized spacial score (nSPS) is 19.2. The van der Waals surface area contributed by atoms with Crippen LogP contribution in [0.1, 0.15) is 0 Å². The lowest BCUT2D eigenvalue weighted by molar-refractivity contribution is 0.106. The maximum absolute atomic E-state index is 13.5. The van der Waals surface area contributed by atoms with E-state index in [2.05, 4.69) is 19.8 Å². The molecule has 4 heterocycles. The highest BCUT2D eigenvalue weighted by atomic mass is 35.5. The smallest absolute Gasteiger partial charge is 0.414 e. The van der Waals surface area contributed by atoms with Gasteiger partial charge in [-0.25, -0.2) is 14.2 Å². The van der Waals surface area contributed by atoms with E-state index < -0.39 is 11.9 Å². The predicted octanol–water partition coefficient (Wildman–Crippen LogP) is 3.58. The fraction of sp³-hybridized carbons (Fsp3) is 0.348. The summed E-state index contributed by atoms with van der Waals surface area (Å²) in [4.78, 5) is 27.4. The molecule has 3 aromatic rings. The third kappa shape index (κ3) is 4.38. The standard InChI is InChI=1S/C23H23ClFN5O3/c1-32-21-5-4-19-22(27-21)20(6-7-26-19)29-10-8-28(9-11-29)13-16-14-30(23(31)33-16)15-2-3-18(25)17(24)12-15/h2-7,12,16H,8-11,13-14H2,1H3/t16-/m1/s1. The second kappa shape index (κ2) is 8.99. The highest BCUT2D eigenvalue weighted by molar-refractivity contribution is 6.31. The molecule has 33 heavy (non-hydrogen) atoms. The highest BCUT2D eigenvalue weighted by Crippen LogP contribution is 2.28. The first-order valence-electron chi connectivity index (χ1n) is 10.7. The van der Waals surface area contributed by atoms with Crippen molar-refractivity contribution in [2.75, 3.05) is 56.2 Å². The molecule has 2 aromatic heterocycles. The van der Waals surface area contributed by atoms with Crippen molar-refractivity contribution in [3.63, 3.8) is 0 Å². The summed E-state index contributed by atoms with van der Waals surface area (Å²) in [5.74, 6) is 0.0449. The van der Waals surface area contributed by atoms with E-state index in [4.69, 9.17) is 21.1 Å². The number of cyclic esters (lactones) is 1. The van der Waals surface area contributed by atoms with Crippen LogP contribution in [0.4, 0.5) is 20.6 Å². The van der Waals surface area contributed by atoms with Crippen LogP contribution in [0.3, 0.4) is 0 Å². The van der Waals surface area contributed by atoms with Gasteiger partial charge in [-0.2, -0.15) is 0 Å². The molecule has 2 aliphatic heterocycles. The largest absolute Gasteiger partial charge is 0.481 e. The lowest BCUT2D eigenvalue weighted by Gasteiger charge is -2.36. The van der Waals surface area contributed by atoms with Crippen LogP contribution in [0.5, 0.6) is 5.88 Å². The number of benzene rings is 1. The molecular formula is C23H23ClFN5O3. The monoisotopic (exact) mass is 471 g/mol. The molecule has 172 valence electrons. The molecule has 0 aliphatic carbocycles. The maximum Gasteiger partial charge on any atom is 0.414 e. The quantitative estimate of drug-likeness (QED) is 0.563. The van der Waals surface area contributed by atoms with Gasteiger partial charge in [-0.05, 0) is 30.3 Å². The summed E-state index contributed by atoms with van der Waals surface area (Å²) in [6, 6.07) is 9.94.